The molecule has 45 valence electrons. The van der Waals surface area contributed by atoms with E-state index in [9.17, 15) is 0 Å². The number of rotatable bonds is 2. The second-order valence-electron chi connectivity index (χ2n) is 1.68. The maximum Gasteiger partial charge on any atom is 0.0379 e. The first-order valence-electron chi connectivity index (χ1n) is 2.78. The molecule has 1 aromatic rings. The van der Waals surface area contributed by atoms with Gasteiger partial charge in [0.2, 0.25) is 0 Å². The van der Waals surface area contributed by atoms with Gasteiger partial charge in [-0.25, -0.2) is 0 Å². The summed E-state index contributed by atoms with van der Waals surface area (Å²) in [4.78, 5) is 0. The summed E-state index contributed by atoms with van der Waals surface area (Å²) in [5.41, 5.74) is 1.01. The Morgan fingerprint density at radius 2 is 1.89 bits per heavy atom. The van der Waals surface area contributed by atoms with Crippen molar-refractivity contribution in [3.63, 3.8) is 0 Å². The molecule has 0 saturated heterocycles. The van der Waals surface area contributed by atoms with E-state index in [-0.39, 0.29) is 0 Å². The highest BCUT2D eigenvalue weighted by atomic mass is 14.8. The lowest BCUT2D eigenvalue weighted by Gasteiger charge is -1.95. The summed E-state index contributed by atoms with van der Waals surface area (Å²) in [7, 11) is 0. The van der Waals surface area contributed by atoms with Gasteiger partial charge >= 0.3 is 0 Å². The fourth-order valence-corrected chi connectivity index (χ4v) is 0.631. The van der Waals surface area contributed by atoms with Crippen molar-refractivity contribution in [1.82, 2.24) is 0 Å². The van der Waals surface area contributed by atoms with E-state index in [0.29, 0.717) is 0 Å². The molecule has 1 rings (SSSR count). The van der Waals surface area contributed by atoms with Crippen LogP contribution in [0.15, 0.2) is 36.5 Å². The largest absolute Gasteiger partial charge is 0.362 e. The molecular formula is C8H8N. The average molecular weight is 118 g/mol. The SMILES string of the molecule is [CH]=CNc1ccccc1. The van der Waals surface area contributed by atoms with Gasteiger partial charge in [0.25, 0.3) is 0 Å². The summed E-state index contributed by atoms with van der Waals surface area (Å²) in [6.45, 7) is 5.12. The smallest absolute Gasteiger partial charge is 0.0379 e. The zero-order valence-electron chi connectivity index (χ0n) is 5.04. The third-order valence-electron chi connectivity index (χ3n) is 1.02. The first kappa shape index (κ1) is 5.89. The second-order valence-corrected chi connectivity index (χ2v) is 1.68. The van der Waals surface area contributed by atoms with Crippen LogP contribution in [0.1, 0.15) is 0 Å². The molecule has 0 saturated carbocycles. The Morgan fingerprint density at radius 1 is 1.22 bits per heavy atom. The van der Waals surface area contributed by atoms with Crippen LogP contribution in [-0.2, 0) is 0 Å². The number of hydrogen-bond donors (Lipinski definition) is 1. The van der Waals surface area contributed by atoms with Crippen LogP contribution in [0.25, 0.3) is 0 Å². The van der Waals surface area contributed by atoms with Crippen molar-refractivity contribution in [2.24, 2.45) is 0 Å². The van der Waals surface area contributed by atoms with E-state index in [1.54, 1.807) is 0 Å². The highest BCUT2D eigenvalue weighted by Crippen LogP contribution is 2.03. The summed E-state index contributed by atoms with van der Waals surface area (Å²) in [6, 6.07) is 9.76. The highest BCUT2D eigenvalue weighted by molar-refractivity contribution is 5.44. The van der Waals surface area contributed by atoms with Crippen molar-refractivity contribution in [2.75, 3.05) is 5.32 Å². The standard InChI is InChI=1S/C8H8N/c1-2-9-8-6-4-3-5-7-8/h1-7,9H. The van der Waals surface area contributed by atoms with Gasteiger partial charge in [-0.1, -0.05) is 18.2 Å². The third-order valence-corrected chi connectivity index (χ3v) is 1.02. The van der Waals surface area contributed by atoms with E-state index >= 15 is 0 Å². The minimum atomic E-state index is 1.01. The van der Waals surface area contributed by atoms with Gasteiger partial charge in [0, 0.05) is 11.9 Å². The molecule has 0 spiro atoms. The molecule has 0 aromatic heterocycles. The molecule has 9 heavy (non-hydrogen) atoms. The molecule has 0 bridgehead atoms. The van der Waals surface area contributed by atoms with Crippen LogP contribution in [0.4, 0.5) is 5.69 Å². The summed E-state index contributed by atoms with van der Waals surface area (Å²) >= 11 is 0. The van der Waals surface area contributed by atoms with Crippen molar-refractivity contribution in [3.05, 3.63) is 43.1 Å². The molecule has 0 atom stereocenters. The van der Waals surface area contributed by atoms with Crippen LogP contribution < -0.4 is 5.32 Å². The summed E-state index contributed by atoms with van der Waals surface area (Å²) < 4.78 is 0. The van der Waals surface area contributed by atoms with E-state index in [4.69, 9.17) is 6.58 Å². The predicted molar refractivity (Wildman–Crippen MR) is 38.9 cm³/mol. The Bertz CT molecular complexity index is 179. The number of nitrogens with one attached hydrogen (secondary N) is 1. The maximum absolute atomic E-state index is 5.12. The lowest BCUT2D eigenvalue weighted by molar-refractivity contribution is 1.59. The van der Waals surface area contributed by atoms with Gasteiger partial charge in [-0.05, 0) is 18.7 Å². The topological polar surface area (TPSA) is 12.0 Å². The molecule has 0 fully saturated rings. The quantitative estimate of drug-likeness (QED) is 0.626. The number of hydrogen-bond acceptors (Lipinski definition) is 1. The molecule has 0 aliphatic heterocycles. The van der Waals surface area contributed by atoms with E-state index in [0.717, 1.165) is 5.69 Å². The van der Waals surface area contributed by atoms with Gasteiger partial charge in [0.1, 0.15) is 0 Å². The fourth-order valence-electron chi connectivity index (χ4n) is 0.631. The third kappa shape index (κ3) is 1.61. The van der Waals surface area contributed by atoms with Crippen molar-refractivity contribution in [2.45, 2.75) is 0 Å². The van der Waals surface area contributed by atoms with Crippen LogP contribution in [0.2, 0.25) is 0 Å². The van der Waals surface area contributed by atoms with Gasteiger partial charge in [-0.2, -0.15) is 0 Å². The molecular weight excluding hydrogens is 110 g/mol. The van der Waals surface area contributed by atoms with E-state index in [1.165, 1.54) is 6.20 Å². The molecule has 0 aliphatic carbocycles. The Kier molecular flexibility index (Phi) is 1.91. The summed E-state index contributed by atoms with van der Waals surface area (Å²) in [5.74, 6) is 0. The molecule has 0 unspecified atom stereocenters. The van der Waals surface area contributed by atoms with Crippen LogP contribution in [0.3, 0.4) is 0 Å². The van der Waals surface area contributed by atoms with Gasteiger partial charge < -0.3 is 5.32 Å². The predicted octanol–water partition coefficient (Wildman–Crippen LogP) is 2.05. The molecule has 1 aromatic carbocycles. The minimum Gasteiger partial charge on any atom is -0.362 e. The van der Waals surface area contributed by atoms with Crippen LogP contribution >= 0.6 is 0 Å². The Labute approximate surface area is 55.0 Å². The zero-order valence-corrected chi connectivity index (χ0v) is 5.04. The Balaban J connectivity index is 2.72. The van der Waals surface area contributed by atoms with E-state index in [1.807, 2.05) is 30.3 Å². The average Bonchev–Trinajstić information content (AvgIpc) is 1.91. The van der Waals surface area contributed by atoms with Crippen LogP contribution in [-0.4, -0.2) is 0 Å². The van der Waals surface area contributed by atoms with E-state index in [2.05, 4.69) is 5.32 Å². The second kappa shape index (κ2) is 2.92. The minimum absolute atomic E-state index is 1.01. The maximum atomic E-state index is 5.12. The molecule has 0 amide bonds. The number of benzene rings is 1. The Morgan fingerprint density at radius 3 is 2.44 bits per heavy atom. The van der Waals surface area contributed by atoms with Crippen molar-refractivity contribution in [1.29, 1.82) is 0 Å². The number of anilines is 1. The van der Waals surface area contributed by atoms with Gasteiger partial charge in [0.05, 0.1) is 0 Å². The van der Waals surface area contributed by atoms with Crippen LogP contribution in [0, 0.1) is 6.58 Å². The number of para-hydroxylation sites is 1. The first-order chi connectivity index (χ1) is 4.43. The van der Waals surface area contributed by atoms with Gasteiger partial charge in [0.15, 0.2) is 0 Å². The van der Waals surface area contributed by atoms with Crippen molar-refractivity contribution >= 4 is 5.69 Å². The molecule has 0 heterocycles. The highest BCUT2D eigenvalue weighted by Gasteiger charge is 1.79. The molecule has 1 N–H and O–H groups in total. The molecule has 0 aliphatic rings. The Hall–Kier alpha value is -1.24. The summed E-state index contributed by atoms with van der Waals surface area (Å²) in [5, 5.41) is 2.86. The molecule has 1 heteroatoms. The van der Waals surface area contributed by atoms with Crippen molar-refractivity contribution < 1.29 is 0 Å². The zero-order chi connectivity index (χ0) is 6.53. The summed E-state index contributed by atoms with van der Waals surface area (Å²) in [6.07, 6.45) is 1.41. The van der Waals surface area contributed by atoms with E-state index < -0.39 is 0 Å². The van der Waals surface area contributed by atoms with Crippen molar-refractivity contribution in [3.8, 4) is 0 Å². The van der Waals surface area contributed by atoms with Crippen LogP contribution in [0.5, 0.6) is 0 Å². The lowest BCUT2D eigenvalue weighted by Crippen LogP contribution is -1.82. The molecule has 1 nitrogen and oxygen atoms in total. The normalized spacial score (nSPS) is 8.44. The van der Waals surface area contributed by atoms with Gasteiger partial charge in [-0.3, -0.25) is 0 Å². The lowest BCUT2D eigenvalue weighted by atomic mass is 10.3. The first-order valence-corrected chi connectivity index (χ1v) is 2.78. The molecule has 1 radical (unpaired) electrons. The van der Waals surface area contributed by atoms with Gasteiger partial charge in [-0.15, -0.1) is 0 Å². The monoisotopic (exact) mass is 118 g/mol. The fraction of sp³-hybridized carbons (Fsp3) is 0.